The highest BCUT2D eigenvalue weighted by atomic mass is 79.9. The van der Waals surface area contributed by atoms with Gasteiger partial charge in [-0.05, 0) is 73.7 Å². The van der Waals surface area contributed by atoms with E-state index in [1.807, 2.05) is 11.3 Å². The number of thiophene rings is 1. The van der Waals surface area contributed by atoms with Crippen molar-refractivity contribution in [2.75, 3.05) is 19.6 Å². The molecule has 96 valence electrons. The van der Waals surface area contributed by atoms with Crippen molar-refractivity contribution in [1.82, 2.24) is 4.90 Å². The highest BCUT2D eigenvalue weighted by molar-refractivity contribution is 9.10. The lowest BCUT2D eigenvalue weighted by Crippen LogP contribution is -2.33. The van der Waals surface area contributed by atoms with E-state index in [0.717, 1.165) is 19.0 Å². The van der Waals surface area contributed by atoms with E-state index in [0.29, 0.717) is 0 Å². The van der Waals surface area contributed by atoms with Gasteiger partial charge in [-0.15, -0.1) is 11.3 Å². The first-order valence-electron chi connectivity index (χ1n) is 6.36. The van der Waals surface area contributed by atoms with E-state index in [4.69, 9.17) is 5.73 Å². The number of likely N-dealkylation sites (tertiary alicyclic amines) is 1. The Bertz CT molecular complexity index is 337. The molecular formula is C13H21BrN2S. The maximum atomic E-state index is 5.62. The number of hydrogen-bond acceptors (Lipinski definition) is 3. The van der Waals surface area contributed by atoms with E-state index in [2.05, 4.69) is 33.8 Å². The number of aryl methyl sites for hydroxylation is 1. The molecule has 0 radical (unpaired) electrons. The third-order valence-electron chi connectivity index (χ3n) is 3.57. The summed E-state index contributed by atoms with van der Waals surface area (Å²) >= 11 is 5.50. The van der Waals surface area contributed by atoms with Crippen molar-refractivity contribution in [3.05, 3.63) is 20.3 Å². The van der Waals surface area contributed by atoms with E-state index in [1.165, 1.54) is 46.6 Å². The second-order valence-electron chi connectivity index (χ2n) is 4.91. The van der Waals surface area contributed by atoms with Crippen molar-refractivity contribution >= 4 is 27.3 Å². The topological polar surface area (TPSA) is 29.3 Å². The molecule has 0 unspecified atom stereocenters. The molecule has 1 fully saturated rings. The average molecular weight is 317 g/mol. The van der Waals surface area contributed by atoms with Gasteiger partial charge in [0.25, 0.3) is 0 Å². The van der Waals surface area contributed by atoms with Crippen molar-refractivity contribution in [2.45, 2.75) is 32.7 Å². The Kier molecular flexibility index (Phi) is 5.03. The molecule has 17 heavy (non-hydrogen) atoms. The molecule has 1 aliphatic rings. The lowest BCUT2D eigenvalue weighted by atomic mass is 9.94. The van der Waals surface area contributed by atoms with Crippen LogP contribution >= 0.6 is 27.3 Å². The fourth-order valence-corrected chi connectivity index (χ4v) is 4.13. The third-order valence-corrected chi connectivity index (χ3v) is 5.69. The Hall–Kier alpha value is 0.100. The van der Waals surface area contributed by atoms with Gasteiger partial charge in [0.1, 0.15) is 0 Å². The van der Waals surface area contributed by atoms with Crippen molar-refractivity contribution in [3.63, 3.8) is 0 Å². The van der Waals surface area contributed by atoms with E-state index in [9.17, 15) is 0 Å². The largest absolute Gasteiger partial charge is 0.330 e. The molecule has 0 saturated carbocycles. The molecule has 0 aliphatic carbocycles. The van der Waals surface area contributed by atoms with E-state index < -0.39 is 0 Å². The summed E-state index contributed by atoms with van der Waals surface area (Å²) < 4.78 is 1.26. The monoisotopic (exact) mass is 316 g/mol. The smallest absolute Gasteiger partial charge is 0.0328 e. The van der Waals surface area contributed by atoms with Crippen LogP contribution in [0.25, 0.3) is 0 Å². The summed E-state index contributed by atoms with van der Waals surface area (Å²) in [4.78, 5) is 5.44. The molecule has 4 heteroatoms. The zero-order valence-electron chi connectivity index (χ0n) is 10.4. The molecule has 2 nitrogen and oxygen atoms in total. The van der Waals surface area contributed by atoms with Gasteiger partial charge in [-0.25, -0.2) is 0 Å². The van der Waals surface area contributed by atoms with Crippen LogP contribution in [0.4, 0.5) is 0 Å². The van der Waals surface area contributed by atoms with Crippen molar-refractivity contribution in [2.24, 2.45) is 11.7 Å². The number of hydrogen-bond donors (Lipinski definition) is 1. The Labute approximate surface area is 116 Å². The van der Waals surface area contributed by atoms with Gasteiger partial charge in [-0.1, -0.05) is 0 Å². The van der Waals surface area contributed by atoms with Crippen LogP contribution in [0.3, 0.4) is 0 Å². The Morgan fingerprint density at radius 3 is 2.71 bits per heavy atom. The third kappa shape index (κ3) is 3.78. The fourth-order valence-electron chi connectivity index (χ4n) is 2.49. The zero-order chi connectivity index (χ0) is 12.3. The molecule has 2 heterocycles. The van der Waals surface area contributed by atoms with Crippen LogP contribution < -0.4 is 5.73 Å². The molecule has 2 N–H and O–H groups in total. The van der Waals surface area contributed by atoms with Gasteiger partial charge < -0.3 is 5.73 Å². The molecule has 2 rings (SSSR count). The minimum absolute atomic E-state index is 0.849. The van der Waals surface area contributed by atoms with Crippen LogP contribution in [0, 0.1) is 12.8 Å². The second kappa shape index (κ2) is 6.32. The lowest BCUT2D eigenvalue weighted by molar-refractivity contribution is 0.175. The predicted molar refractivity (Wildman–Crippen MR) is 78.4 cm³/mol. The number of nitrogens with zero attached hydrogens (tertiary/aromatic N) is 1. The van der Waals surface area contributed by atoms with Gasteiger partial charge in [0.05, 0.1) is 0 Å². The summed E-state index contributed by atoms with van der Waals surface area (Å²) in [5.74, 6) is 0.869. The first kappa shape index (κ1) is 13.5. The summed E-state index contributed by atoms with van der Waals surface area (Å²) in [7, 11) is 0. The van der Waals surface area contributed by atoms with Crippen molar-refractivity contribution < 1.29 is 0 Å². The van der Waals surface area contributed by atoms with Gasteiger partial charge in [0.15, 0.2) is 0 Å². The van der Waals surface area contributed by atoms with Crippen LogP contribution in [0.15, 0.2) is 10.5 Å². The summed E-state index contributed by atoms with van der Waals surface area (Å²) in [6, 6.07) is 2.27. The molecule has 0 aromatic carbocycles. The highest BCUT2D eigenvalue weighted by Gasteiger charge is 2.19. The molecule has 1 aliphatic heterocycles. The highest BCUT2D eigenvalue weighted by Crippen LogP contribution is 2.28. The maximum Gasteiger partial charge on any atom is 0.0328 e. The normalized spacial score (nSPS) is 18.8. The van der Waals surface area contributed by atoms with E-state index in [-0.39, 0.29) is 0 Å². The standard InChI is InChI=1S/C13H21BrN2S/c1-10-13(14)8-12(17-10)9-16-6-3-11(2-5-15)4-7-16/h8,11H,2-7,9,15H2,1H3. The Balaban J connectivity index is 1.81. The Morgan fingerprint density at radius 2 is 2.18 bits per heavy atom. The minimum Gasteiger partial charge on any atom is -0.330 e. The van der Waals surface area contributed by atoms with Crippen molar-refractivity contribution in [3.8, 4) is 0 Å². The van der Waals surface area contributed by atoms with E-state index in [1.54, 1.807) is 0 Å². The minimum atomic E-state index is 0.849. The first-order chi connectivity index (χ1) is 8.19. The molecule has 0 amide bonds. The van der Waals surface area contributed by atoms with Crippen molar-refractivity contribution in [1.29, 1.82) is 0 Å². The molecule has 0 atom stereocenters. The van der Waals surface area contributed by atoms with Gasteiger partial charge in [-0.3, -0.25) is 4.90 Å². The number of nitrogens with two attached hydrogens (primary N) is 1. The number of piperidine rings is 1. The van der Waals surface area contributed by atoms with Gasteiger partial charge >= 0.3 is 0 Å². The molecule has 0 bridgehead atoms. The summed E-state index contributed by atoms with van der Waals surface area (Å²) in [6.07, 6.45) is 3.85. The van der Waals surface area contributed by atoms with Gasteiger partial charge in [-0.2, -0.15) is 0 Å². The van der Waals surface area contributed by atoms with Crippen LogP contribution in [-0.4, -0.2) is 24.5 Å². The number of rotatable bonds is 4. The molecule has 0 spiro atoms. The van der Waals surface area contributed by atoms with Crippen LogP contribution in [-0.2, 0) is 6.54 Å². The van der Waals surface area contributed by atoms with Crippen LogP contribution in [0.5, 0.6) is 0 Å². The molecular weight excluding hydrogens is 296 g/mol. The first-order valence-corrected chi connectivity index (χ1v) is 7.97. The van der Waals surface area contributed by atoms with Crippen LogP contribution in [0.2, 0.25) is 0 Å². The molecule has 1 saturated heterocycles. The Morgan fingerprint density at radius 1 is 1.47 bits per heavy atom. The maximum absolute atomic E-state index is 5.62. The summed E-state index contributed by atoms with van der Waals surface area (Å²) in [6.45, 7) is 6.61. The van der Waals surface area contributed by atoms with E-state index >= 15 is 0 Å². The fraction of sp³-hybridized carbons (Fsp3) is 0.692. The van der Waals surface area contributed by atoms with Gasteiger partial charge in [0.2, 0.25) is 0 Å². The SMILES string of the molecule is Cc1sc(CN2CCC(CCN)CC2)cc1Br. The summed E-state index contributed by atoms with van der Waals surface area (Å²) in [5, 5.41) is 0. The summed E-state index contributed by atoms with van der Waals surface area (Å²) in [5.41, 5.74) is 5.62. The molecule has 1 aromatic heterocycles. The average Bonchev–Trinajstić information content (AvgIpc) is 2.61. The molecule has 1 aromatic rings. The van der Waals surface area contributed by atoms with Gasteiger partial charge in [0, 0.05) is 20.8 Å². The predicted octanol–water partition coefficient (Wildman–Crippen LogP) is 3.38. The zero-order valence-corrected chi connectivity index (χ0v) is 12.8. The quantitative estimate of drug-likeness (QED) is 0.922. The van der Waals surface area contributed by atoms with Crippen LogP contribution in [0.1, 0.15) is 29.0 Å². The lowest BCUT2D eigenvalue weighted by Gasteiger charge is -2.31. The second-order valence-corrected chi connectivity index (χ2v) is 7.11. The number of halogens is 1.